The third kappa shape index (κ3) is 1.99. The maximum atomic E-state index is 5.74. The molecule has 0 saturated carbocycles. The summed E-state index contributed by atoms with van der Waals surface area (Å²) in [6.45, 7) is 2.88. The molecule has 0 spiro atoms. The van der Waals surface area contributed by atoms with E-state index < -0.39 is 0 Å². The van der Waals surface area contributed by atoms with Crippen molar-refractivity contribution in [3.8, 4) is 0 Å². The highest BCUT2D eigenvalue weighted by Crippen LogP contribution is 2.30. The first-order valence-corrected chi connectivity index (χ1v) is 6.01. The normalized spacial score (nSPS) is 24.7. The number of likely N-dealkylation sites (N-methyl/N-ethyl adjacent to an activating group) is 1. The summed E-state index contributed by atoms with van der Waals surface area (Å²) in [6, 6.07) is 0.339. The molecule has 16 heavy (non-hydrogen) atoms. The highest BCUT2D eigenvalue weighted by Gasteiger charge is 2.29. The quantitative estimate of drug-likeness (QED) is 0.891. The summed E-state index contributed by atoms with van der Waals surface area (Å²) < 4.78 is 6.29. The van der Waals surface area contributed by atoms with Gasteiger partial charge >= 0.3 is 0 Å². The van der Waals surface area contributed by atoms with E-state index in [9.17, 15) is 0 Å². The molecule has 1 aromatic rings. The van der Waals surface area contributed by atoms with Gasteiger partial charge in [0.15, 0.2) is 0 Å². The molecule has 0 bridgehead atoms. The predicted molar refractivity (Wildman–Crippen MR) is 66.4 cm³/mol. The van der Waals surface area contributed by atoms with Crippen LogP contribution in [0.3, 0.4) is 0 Å². The van der Waals surface area contributed by atoms with E-state index in [0.29, 0.717) is 11.9 Å². The lowest BCUT2D eigenvalue weighted by atomic mass is 10.1. The van der Waals surface area contributed by atoms with Gasteiger partial charge in [-0.3, -0.25) is 0 Å². The van der Waals surface area contributed by atoms with Crippen molar-refractivity contribution in [1.29, 1.82) is 0 Å². The SMILES string of the molecule is CC1OCCC1N(C)c1ncnc(N)c1Br. The summed E-state index contributed by atoms with van der Waals surface area (Å²) in [6.07, 6.45) is 2.70. The van der Waals surface area contributed by atoms with Crippen molar-refractivity contribution in [2.45, 2.75) is 25.5 Å². The number of nitrogen functional groups attached to an aromatic ring is 1. The van der Waals surface area contributed by atoms with Crippen molar-refractivity contribution in [3.05, 3.63) is 10.8 Å². The average Bonchev–Trinajstić information content (AvgIpc) is 2.68. The lowest BCUT2D eigenvalue weighted by molar-refractivity contribution is 0.118. The minimum absolute atomic E-state index is 0.216. The van der Waals surface area contributed by atoms with Crippen LogP contribution in [0.15, 0.2) is 10.8 Å². The number of hydrogen-bond donors (Lipinski definition) is 1. The molecule has 5 nitrogen and oxygen atoms in total. The van der Waals surface area contributed by atoms with Crippen molar-refractivity contribution in [2.24, 2.45) is 0 Å². The van der Waals surface area contributed by atoms with Gasteiger partial charge in [0, 0.05) is 13.7 Å². The zero-order valence-corrected chi connectivity index (χ0v) is 10.9. The number of hydrogen-bond acceptors (Lipinski definition) is 5. The Balaban J connectivity index is 2.26. The van der Waals surface area contributed by atoms with E-state index in [0.717, 1.165) is 23.3 Å². The third-order valence-corrected chi connectivity index (χ3v) is 3.73. The van der Waals surface area contributed by atoms with Crippen molar-refractivity contribution in [3.63, 3.8) is 0 Å². The Hall–Kier alpha value is -0.880. The fourth-order valence-electron chi connectivity index (χ4n) is 2.01. The van der Waals surface area contributed by atoms with E-state index in [2.05, 4.69) is 37.7 Å². The molecule has 1 aliphatic heterocycles. The van der Waals surface area contributed by atoms with Crippen LogP contribution in [0.4, 0.5) is 11.6 Å². The van der Waals surface area contributed by atoms with Crippen LogP contribution in [0.25, 0.3) is 0 Å². The molecule has 1 fully saturated rings. The second-order valence-electron chi connectivity index (χ2n) is 3.94. The minimum atomic E-state index is 0.216. The second kappa shape index (κ2) is 4.55. The van der Waals surface area contributed by atoms with Gasteiger partial charge in [0.2, 0.25) is 0 Å². The Kier molecular flexibility index (Phi) is 3.30. The predicted octanol–water partition coefficient (Wildman–Crippen LogP) is 1.43. The number of rotatable bonds is 2. The second-order valence-corrected chi connectivity index (χ2v) is 4.73. The number of halogens is 1. The van der Waals surface area contributed by atoms with Gasteiger partial charge < -0.3 is 15.4 Å². The topological polar surface area (TPSA) is 64.3 Å². The molecule has 0 amide bonds. The Morgan fingerprint density at radius 1 is 1.56 bits per heavy atom. The largest absolute Gasteiger partial charge is 0.383 e. The van der Waals surface area contributed by atoms with Gasteiger partial charge in [0.25, 0.3) is 0 Å². The van der Waals surface area contributed by atoms with E-state index in [4.69, 9.17) is 10.5 Å². The van der Waals surface area contributed by atoms with Gasteiger partial charge in [-0.15, -0.1) is 0 Å². The lowest BCUT2D eigenvalue weighted by Gasteiger charge is -2.28. The van der Waals surface area contributed by atoms with E-state index in [-0.39, 0.29) is 6.10 Å². The monoisotopic (exact) mass is 286 g/mol. The van der Waals surface area contributed by atoms with Crippen molar-refractivity contribution in [1.82, 2.24) is 9.97 Å². The van der Waals surface area contributed by atoms with Gasteiger partial charge in [-0.05, 0) is 29.3 Å². The molecular formula is C10H15BrN4O. The minimum Gasteiger partial charge on any atom is -0.383 e. The molecule has 2 atom stereocenters. The van der Waals surface area contributed by atoms with Crippen LogP contribution in [0, 0.1) is 0 Å². The summed E-state index contributed by atoms with van der Waals surface area (Å²) in [5.74, 6) is 1.28. The van der Waals surface area contributed by atoms with Crippen molar-refractivity contribution in [2.75, 3.05) is 24.3 Å². The molecule has 2 unspecified atom stereocenters. The Labute approximate surface area is 103 Å². The molecule has 2 rings (SSSR count). The highest BCUT2D eigenvalue weighted by atomic mass is 79.9. The van der Waals surface area contributed by atoms with E-state index in [1.54, 1.807) is 0 Å². The van der Waals surface area contributed by atoms with Crippen LogP contribution in [-0.4, -0.2) is 35.8 Å². The van der Waals surface area contributed by atoms with Crippen LogP contribution >= 0.6 is 15.9 Å². The standard InChI is InChI=1S/C10H15BrN4O/c1-6-7(3-4-16-6)15(2)10-8(11)9(12)13-5-14-10/h5-7H,3-4H2,1-2H3,(H2,12,13,14). The van der Waals surface area contributed by atoms with Gasteiger partial charge in [-0.25, -0.2) is 9.97 Å². The van der Waals surface area contributed by atoms with Crippen LogP contribution < -0.4 is 10.6 Å². The van der Waals surface area contributed by atoms with Crippen LogP contribution in [-0.2, 0) is 4.74 Å². The number of anilines is 2. The summed E-state index contributed by atoms with van der Waals surface area (Å²) in [4.78, 5) is 10.3. The first-order valence-electron chi connectivity index (χ1n) is 5.21. The van der Waals surface area contributed by atoms with Gasteiger partial charge in [-0.1, -0.05) is 0 Å². The molecule has 1 aliphatic rings. The fourth-order valence-corrected chi connectivity index (χ4v) is 2.49. The molecule has 2 heterocycles. The first-order chi connectivity index (χ1) is 7.61. The highest BCUT2D eigenvalue weighted by molar-refractivity contribution is 9.10. The van der Waals surface area contributed by atoms with Gasteiger partial charge in [0.1, 0.15) is 22.4 Å². The van der Waals surface area contributed by atoms with E-state index >= 15 is 0 Å². The van der Waals surface area contributed by atoms with Crippen LogP contribution in [0.1, 0.15) is 13.3 Å². The lowest BCUT2D eigenvalue weighted by Crippen LogP contribution is -2.37. The fraction of sp³-hybridized carbons (Fsp3) is 0.600. The van der Waals surface area contributed by atoms with Gasteiger partial charge in [0.05, 0.1) is 12.1 Å². The molecule has 1 saturated heterocycles. The summed E-state index contributed by atoms with van der Waals surface area (Å²) in [5, 5.41) is 0. The molecule has 88 valence electrons. The maximum Gasteiger partial charge on any atom is 0.148 e. The number of nitrogens with zero attached hydrogens (tertiary/aromatic N) is 3. The number of aromatic nitrogens is 2. The molecular weight excluding hydrogens is 272 g/mol. The van der Waals surface area contributed by atoms with Crippen molar-refractivity contribution < 1.29 is 4.74 Å². The molecule has 2 N–H and O–H groups in total. The molecule has 1 aromatic heterocycles. The van der Waals surface area contributed by atoms with Crippen LogP contribution in [0.2, 0.25) is 0 Å². The summed E-state index contributed by atoms with van der Waals surface area (Å²) in [5.41, 5.74) is 5.74. The molecule has 6 heteroatoms. The Morgan fingerprint density at radius 3 is 2.94 bits per heavy atom. The summed E-state index contributed by atoms with van der Waals surface area (Å²) >= 11 is 3.42. The zero-order valence-electron chi connectivity index (χ0n) is 9.35. The van der Waals surface area contributed by atoms with Crippen molar-refractivity contribution >= 4 is 27.6 Å². The van der Waals surface area contributed by atoms with Crippen LogP contribution in [0.5, 0.6) is 0 Å². The van der Waals surface area contributed by atoms with Gasteiger partial charge in [-0.2, -0.15) is 0 Å². The molecule has 0 aromatic carbocycles. The summed E-state index contributed by atoms with van der Waals surface area (Å²) in [7, 11) is 2.00. The number of nitrogens with two attached hydrogens (primary N) is 1. The van der Waals surface area contributed by atoms with E-state index in [1.165, 1.54) is 6.33 Å². The average molecular weight is 287 g/mol. The molecule has 0 radical (unpaired) electrons. The first kappa shape index (κ1) is 11.6. The van der Waals surface area contributed by atoms with E-state index in [1.807, 2.05) is 7.05 Å². The third-order valence-electron chi connectivity index (χ3n) is 2.97. The zero-order chi connectivity index (χ0) is 11.7. The number of ether oxygens (including phenoxy) is 1. The molecule has 0 aliphatic carbocycles. The smallest absolute Gasteiger partial charge is 0.148 e. The maximum absolute atomic E-state index is 5.74. The Bertz CT molecular complexity index is 387. The Morgan fingerprint density at radius 2 is 2.31 bits per heavy atom.